The fourth-order valence-electron chi connectivity index (χ4n) is 4.14. The van der Waals surface area contributed by atoms with Crippen molar-refractivity contribution in [3.8, 4) is 0 Å². The number of anilines is 2. The van der Waals surface area contributed by atoms with Crippen LogP contribution >= 0.6 is 22.6 Å². The number of aliphatic hydroxyl groups excluding tert-OH is 1. The first-order valence-electron chi connectivity index (χ1n) is 9.94. The minimum absolute atomic E-state index is 0.0819. The number of hydrogen-bond donors (Lipinski definition) is 1. The van der Waals surface area contributed by atoms with E-state index in [1.54, 1.807) is 6.07 Å². The Labute approximate surface area is 191 Å². The lowest BCUT2D eigenvalue weighted by Gasteiger charge is -2.34. The lowest BCUT2D eigenvalue weighted by Crippen LogP contribution is -2.41. The molecule has 1 saturated heterocycles. The second kappa shape index (κ2) is 8.70. The van der Waals surface area contributed by atoms with Gasteiger partial charge in [0.25, 0.3) is 5.91 Å². The average molecular weight is 542 g/mol. The van der Waals surface area contributed by atoms with Crippen molar-refractivity contribution in [1.29, 1.82) is 0 Å². The number of hydrogen-bond acceptors (Lipinski definition) is 5. The predicted octanol–water partition coefficient (Wildman–Crippen LogP) is 3.99. The van der Waals surface area contributed by atoms with Gasteiger partial charge in [-0.2, -0.15) is 0 Å². The number of benzene rings is 2. The molecule has 1 N–H and O–H groups in total. The molecule has 2 heterocycles. The van der Waals surface area contributed by atoms with Crippen LogP contribution in [0, 0.1) is 28.0 Å². The number of likely N-dealkylation sites (tertiary alicyclic amines) is 1. The van der Waals surface area contributed by atoms with Crippen LogP contribution in [-0.4, -0.2) is 48.3 Å². The summed E-state index contributed by atoms with van der Waals surface area (Å²) in [6.45, 7) is 2.12. The first kappa shape index (κ1) is 21.9. The molecule has 0 radical (unpaired) electrons. The number of aliphatic hydroxyl groups is 1. The molecule has 1 atom stereocenters. The number of amides is 1. The molecule has 0 saturated carbocycles. The van der Waals surface area contributed by atoms with Crippen molar-refractivity contribution in [1.82, 2.24) is 4.90 Å². The highest BCUT2D eigenvalue weighted by Crippen LogP contribution is 2.39. The molecule has 164 valence electrons. The highest BCUT2D eigenvalue weighted by atomic mass is 127. The third-order valence-electron chi connectivity index (χ3n) is 5.74. The van der Waals surface area contributed by atoms with Gasteiger partial charge in [-0.3, -0.25) is 4.79 Å². The highest BCUT2D eigenvalue weighted by Gasteiger charge is 2.35. The summed E-state index contributed by atoms with van der Waals surface area (Å²) < 4.78 is 36.6. The fraction of sp³-hybridized carbons (Fsp3) is 0.364. The molecular formula is C22H21F2IN2O4. The third kappa shape index (κ3) is 4.00. The van der Waals surface area contributed by atoms with Crippen LogP contribution in [0.15, 0.2) is 24.3 Å². The Hall–Kier alpha value is -2.27. The largest absolute Gasteiger partial charge is 0.440 e. The smallest absolute Gasteiger partial charge is 0.342 e. The van der Waals surface area contributed by atoms with Gasteiger partial charge in [0.05, 0.1) is 16.8 Å². The van der Waals surface area contributed by atoms with Gasteiger partial charge in [-0.25, -0.2) is 13.6 Å². The number of cyclic esters (lactones) is 1. The van der Waals surface area contributed by atoms with Gasteiger partial charge in [0.2, 0.25) is 0 Å². The van der Waals surface area contributed by atoms with Gasteiger partial charge in [-0.15, -0.1) is 0 Å². The van der Waals surface area contributed by atoms with Gasteiger partial charge < -0.3 is 19.6 Å². The number of rotatable bonds is 3. The van der Waals surface area contributed by atoms with Gasteiger partial charge in [0.1, 0.15) is 0 Å². The molecule has 2 aromatic rings. The summed E-state index contributed by atoms with van der Waals surface area (Å²) >= 11 is 2.15. The quantitative estimate of drug-likeness (QED) is 0.470. The van der Waals surface area contributed by atoms with Crippen molar-refractivity contribution in [2.45, 2.75) is 19.8 Å². The second-order valence-corrected chi connectivity index (χ2v) is 9.06. The van der Waals surface area contributed by atoms with Gasteiger partial charge in [0, 0.05) is 29.0 Å². The number of aryl methyl sites for hydroxylation is 1. The van der Waals surface area contributed by atoms with E-state index in [1.165, 1.54) is 9.80 Å². The molecular weight excluding hydrogens is 521 g/mol. The first-order valence-corrected chi connectivity index (χ1v) is 11.0. The van der Waals surface area contributed by atoms with Crippen molar-refractivity contribution >= 4 is 45.8 Å². The van der Waals surface area contributed by atoms with Crippen molar-refractivity contribution in [2.24, 2.45) is 5.92 Å². The van der Waals surface area contributed by atoms with E-state index >= 15 is 8.78 Å². The molecule has 9 heteroatoms. The second-order valence-electron chi connectivity index (χ2n) is 7.81. The number of ether oxygens (including phenoxy) is 1. The van der Waals surface area contributed by atoms with E-state index in [-0.39, 0.29) is 37.1 Å². The maximum absolute atomic E-state index is 15.3. The topological polar surface area (TPSA) is 70.1 Å². The lowest BCUT2D eigenvalue weighted by atomic mass is 9.97. The van der Waals surface area contributed by atoms with Crippen molar-refractivity contribution < 1.29 is 28.2 Å². The summed E-state index contributed by atoms with van der Waals surface area (Å²) in [6, 6.07) is 6.53. The molecule has 6 nitrogen and oxygen atoms in total. The molecule has 0 bridgehead atoms. The third-order valence-corrected chi connectivity index (χ3v) is 6.41. The zero-order valence-corrected chi connectivity index (χ0v) is 19.0. The molecule has 2 aromatic carbocycles. The molecule has 2 aliphatic heterocycles. The Bertz CT molecular complexity index is 1060. The van der Waals surface area contributed by atoms with Gasteiger partial charge in [-0.1, -0.05) is 0 Å². The minimum atomic E-state index is -1.29. The maximum Gasteiger partial charge on any atom is 0.342 e. The Morgan fingerprint density at radius 1 is 1.29 bits per heavy atom. The number of carbonyl (C=O) groups excluding carboxylic acids is 2. The Morgan fingerprint density at radius 2 is 2.06 bits per heavy atom. The van der Waals surface area contributed by atoms with Gasteiger partial charge in [0.15, 0.2) is 18.4 Å². The van der Waals surface area contributed by atoms with Crippen molar-refractivity contribution in [3.05, 3.63) is 56.2 Å². The molecule has 1 amide bonds. The van der Waals surface area contributed by atoms with Crippen LogP contribution in [0.1, 0.15) is 39.1 Å². The first-order chi connectivity index (χ1) is 14.8. The summed E-state index contributed by atoms with van der Waals surface area (Å²) in [4.78, 5) is 28.2. The summed E-state index contributed by atoms with van der Waals surface area (Å²) in [7, 11) is 0. The van der Waals surface area contributed by atoms with E-state index < -0.39 is 29.1 Å². The predicted molar refractivity (Wildman–Crippen MR) is 118 cm³/mol. The molecule has 1 fully saturated rings. The Balaban J connectivity index is 1.77. The van der Waals surface area contributed by atoms with E-state index in [9.17, 15) is 14.7 Å². The zero-order chi connectivity index (χ0) is 22.3. The molecule has 0 aromatic heterocycles. The average Bonchev–Trinajstić information content (AvgIpc) is 2.76. The molecule has 0 spiro atoms. The number of nitrogens with zero attached hydrogens (tertiary/aromatic N) is 2. The van der Waals surface area contributed by atoms with E-state index in [2.05, 4.69) is 22.6 Å². The van der Waals surface area contributed by atoms with Crippen molar-refractivity contribution in [2.75, 3.05) is 31.3 Å². The van der Waals surface area contributed by atoms with E-state index in [0.717, 1.165) is 21.6 Å². The van der Waals surface area contributed by atoms with Gasteiger partial charge in [-0.05, 0) is 78.1 Å². The number of fused-ring (bicyclic) bond motifs is 1. The zero-order valence-electron chi connectivity index (χ0n) is 16.8. The maximum atomic E-state index is 15.3. The summed E-state index contributed by atoms with van der Waals surface area (Å²) in [6.07, 6.45) is 1.42. The summed E-state index contributed by atoms with van der Waals surface area (Å²) in [5.41, 5.74) is 0.448. The minimum Gasteiger partial charge on any atom is -0.440 e. The van der Waals surface area contributed by atoms with E-state index in [4.69, 9.17) is 4.74 Å². The number of halogens is 3. The van der Waals surface area contributed by atoms with Crippen LogP contribution in [0.25, 0.3) is 0 Å². The monoisotopic (exact) mass is 542 g/mol. The van der Waals surface area contributed by atoms with Crippen LogP contribution in [0.4, 0.5) is 20.2 Å². The standard InChI is InChI=1S/C22H21F2IN2O4/c1-12-7-14(25)4-5-17(12)27-11-31-22(30)16-8-15(18(23)19(24)20(16)27)21(29)26-6-2-3-13(9-26)10-28/h4-5,7-8,13,28H,2-3,6,9-11H2,1H3. The van der Waals surface area contributed by atoms with E-state index in [0.29, 0.717) is 18.7 Å². The summed E-state index contributed by atoms with van der Waals surface area (Å²) in [5.74, 6) is -4.17. The lowest BCUT2D eigenvalue weighted by molar-refractivity contribution is 0.0491. The van der Waals surface area contributed by atoms with Crippen LogP contribution in [0.3, 0.4) is 0 Å². The number of piperidine rings is 1. The molecule has 1 unspecified atom stereocenters. The Morgan fingerprint density at radius 3 is 2.77 bits per heavy atom. The van der Waals surface area contributed by atoms with Crippen LogP contribution in [0.5, 0.6) is 0 Å². The fourth-order valence-corrected chi connectivity index (χ4v) is 4.78. The van der Waals surface area contributed by atoms with Crippen molar-refractivity contribution in [3.63, 3.8) is 0 Å². The Kier molecular flexibility index (Phi) is 6.16. The molecule has 0 aliphatic carbocycles. The van der Waals surface area contributed by atoms with E-state index in [1.807, 2.05) is 19.1 Å². The SMILES string of the molecule is Cc1cc(I)ccc1N1COC(=O)c2cc(C(=O)N3CCCC(CO)C3)c(F)c(F)c21. The molecule has 2 aliphatic rings. The summed E-state index contributed by atoms with van der Waals surface area (Å²) in [5, 5.41) is 9.39. The number of carbonyl (C=O) groups is 2. The highest BCUT2D eigenvalue weighted by molar-refractivity contribution is 14.1. The molecule has 31 heavy (non-hydrogen) atoms. The number of esters is 1. The van der Waals surface area contributed by atoms with Crippen LogP contribution in [0.2, 0.25) is 0 Å². The van der Waals surface area contributed by atoms with Gasteiger partial charge >= 0.3 is 5.97 Å². The van der Waals surface area contributed by atoms with Crippen LogP contribution < -0.4 is 4.90 Å². The normalized spacial score (nSPS) is 18.6. The molecule has 4 rings (SSSR count). The van der Waals surface area contributed by atoms with Crippen LogP contribution in [-0.2, 0) is 4.74 Å².